The van der Waals surface area contributed by atoms with Gasteiger partial charge in [0.2, 0.25) is 11.6 Å². The molecule has 0 aromatic carbocycles. The fraction of sp³-hybridized carbons (Fsp3) is 0.462. The maximum atomic E-state index is 13.8. The third kappa shape index (κ3) is 3.74. The summed E-state index contributed by atoms with van der Waals surface area (Å²) in [6, 6.07) is 2.79. The van der Waals surface area contributed by atoms with Gasteiger partial charge in [0.25, 0.3) is 0 Å². The molecule has 1 aromatic rings. The molecule has 1 aliphatic rings. The van der Waals surface area contributed by atoms with Crippen LogP contribution in [0.1, 0.15) is 12.2 Å². The summed E-state index contributed by atoms with van der Waals surface area (Å²) in [5.74, 6) is -1.55. The average Bonchev–Trinajstić information content (AvgIpc) is 3.12. The number of nitrogens with zero attached hydrogens (tertiary/aromatic N) is 1. The van der Waals surface area contributed by atoms with Crippen LogP contribution in [0.25, 0.3) is 0 Å². The summed E-state index contributed by atoms with van der Waals surface area (Å²) in [5, 5.41) is 13.6. The Hall–Kier alpha value is -2.58. The summed E-state index contributed by atoms with van der Waals surface area (Å²) in [6.07, 6.45) is 1.22. The second-order valence-corrected chi connectivity index (χ2v) is 4.95. The van der Waals surface area contributed by atoms with Gasteiger partial charge in [0.05, 0.1) is 25.9 Å². The molecule has 8 nitrogen and oxygen atoms in total. The molecule has 3 amide bonds. The van der Waals surface area contributed by atoms with Crippen molar-refractivity contribution in [3.05, 3.63) is 24.2 Å². The van der Waals surface area contributed by atoms with Crippen molar-refractivity contribution >= 4 is 17.9 Å². The number of carboxylic acids is 1. The fourth-order valence-electron chi connectivity index (χ4n) is 2.07. The molecule has 1 saturated heterocycles. The van der Waals surface area contributed by atoms with Gasteiger partial charge in [-0.1, -0.05) is 0 Å². The third-order valence-electron chi connectivity index (χ3n) is 3.36. The summed E-state index contributed by atoms with van der Waals surface area (Å²) >= 11 is 0. The first-order chi connectivity index (χ1) is 10.4. The molecule has 0 bridgehead atoms. The van der Waals surface area contributed by atoms with Crippen molar-refractivity contribution in [2.75, 3.05) is 19.6 Å². The summed E-state index contributed by atoms with van der Waals surface area (Å²) in [6.45, 7) is -0.656. The minimum atomic E-state index is -2.41. The zero-order valence-electron chi connectivity index (χ0n) is 11.7. The molecule has 120 valence electrons. The van der Waals surface area contributed by atoms with Gasteiger partial charge in [-0.3, -0.25) is 4.79 Å². The number of carboxylic acid groups (broad SMARTS) is 1. The fourth-order valence-corrected chi connectivity index (χ4v) is 2.07. The van der Waals surface area contributed by atoms with Crippen molar-refractivity contribution in [3.63, 3.8) is 0 Å². The van der Waals surface area contributed by atoms with Crippen molar-refractivity contribution in [1.82, 2.24) is 15.5 Å². The Morgan fingerprint density at radius 2 is 2.18 bits per heavy atom. The van der Waals surface area contributed by atoms with E-state index in [2.05, 4.69) is 10.6 Å². The molecule has 1 aliphatic heterocycles. The maximum Gasteiger partial charge on any atom is 0.343 e. The first-order valence-corrected chi connectivity index (χ1v) is 6.65. The molecule has 0 spiro atoms. The molecular weight excluding hydrogens is 297 g/mol. The lowest BCUT2D eigenvalue weighted by atomic mass is 10.1. The number of carbonyl (C=O) groups excluding carboxylic acids is 2. The molecule has 2 rings (SSSR count). The highest BCUT2D eigenvalue weighted by atomic mass is 19.1. The smallest absolute Gasteiger partial charge is 0.343 e. The Morgan fingerprint density at radius 3 is 2.77 bits per heavy atom. The van der Waals surface area contributed by atoms with Gasteiger partial charge in [0, 0.05) is 13.0 Å². The van der Waals surface area contributed by atoms with E-state index in [1.807, 2.05) is 0 Å². The van der Waals surface area contributed by atoms with Crippen molar-refractivity contribution in [2.24, 2.45) is 0 Å². The van der Waals surface area contributed by atoms with Crippen molar-refractivity contribution in [3.8, 4) is 0 Å². The topological polar surface area (TPSA) is 112 Å². The number of amides is 3. The van der Waals surface area contributed by atoms with Crippen LogP contribution >= 0.6 is 0 Å². The van der Waals surface area contributed by atoms with Gasteiger partial charge in [-0.25, -0.2) is 14.0 Å². The van der Waals surface area contributed by atoms with Crippen LogP contribution in [0.3, 0.4) is 0 Å². The Morgan fingerprint density at radius 1 is 1.41 bits per heavy atom. The Balaban J connectivity index is 1.71. The van der Waals surface area contributed by atoms with Crippen LogP contribution in [0.5, 0.6) is 0 Å². The lowest BCUT2D eigenvalue weighted by molar-refractivity contribution is -0.150. The van der Waals surface area contributed by atoms with Crippen LogP contribution in [-0.4, -0.2) is 53.2 Å². The van der Waals surface area contributed by atoms with E-state index in [0.29, 0.717) is 5.76 Å². The molecule has 1 atom stereocenters. The average molecular weight is 313 g/mol. The molecule has 22 heavy (non-hydrogen) atoms. The number of rotatable bonds is 5. The van der Waals surface area contributed by atoms with Crippen molar-refractivity contribution in [2.45, 2.75) is 18.6 Å². The first-order valence-electron chi connectivity index (χ1n) is 6.65. The number of nitrogens with one attached hydrogen (secondary N) is 2. The number of hydrogen-bond acceptors (Lipinski definition) is 4. The molecular formula is C13H16FN3O5. The highest BCUT2D eigenvalue weighted by molar-refractivity contribution is 5.86. The number of carbonyl (C=O) groups is 3. The molecule has 1 fully saturated rings. The molecule has 9 heteroatoms. The number of likely N-dealkylation sites (tertiary alicyclic amines) is 1. The van der Waals surface area contributed by atoms with E-state index in [1.165, 1.54) is 6.26 Å². The van der Waals surface area contributed by atoms with Gasteiger partial charge >= 0.3 is 12.0 Å². The van der Waals surface area contributed by atoms with Crippen LogP contribution in [0.15, 0.2) is 22.8 Å². The molecule has 2 heterocycles. The van der Waals surface area contributed by atoms with Gasteiger partial charge in [0.15, 0.2) is 0 Å². The third-order valence-corrected chi connectivity index (χ3v) is 3.36. The summed E-state index contributed by atoms with van der Waals surface area (Å²) in [7, 11) is 0. The van der Waals surface area contributed by atoms with Gasteiger partial charge in [-0.15, -0.1) is 0 Å². The van der Waals surface area contributed by atoms with Gasteiger partial charge < -0.3 is 25.1 Å². The molecule has 0 aliphatic carbocycles. The van der Waals surface area contributed by atoms with Crippen molar-refractivity contribution < 1.29 is 28.3 Å². The number of alkyl halides is 1. The largest absolute Gasteiger partial charge is 0.479 e. The number of urea groups is 1. The van der Waals surface area contributed by atoms with Crippen molar-refractivity contribution in [1.29, 1.82) is 0 Å². The van der Waals surface area contributed by atoms with E-state index >= 15 is 0 Å². The van der Waals surface area contributed by atoms with E-state index in [0.717, 1.165) is 4.90 Å². The lowest BCUT2D eigenvalue weighted by Crippen LogP contribution is -2.44. The number of halogens is 1. The number of furan rings is 1. The van der Waals surface area contributed by atoms with Crippen LogP contribution in [0.4, 0.5) is 9.18 Å². The first kappa shape index (κ1) is 15.8. The molecule has 0 saturated carbocycles. The summed E-state index contributed by atoms with van der Waals surface area (Å²) in [4.78, 5) is 35.1. The number of hydrogen-bond donors (Lipinski definition) is 3. The van der Waals surface area contributed by atoms with E-state index < -0.39 is 30.1 Å². The second-order valence-electron chi connectivity index (χ2n) is 4.95. The molecule has 1 unspecified atom stereocenters. The standard InChI is InChI=1S/C13H16FN3O5/c14-13(11(19)20)3-4-17(8-13)10(18)7-16-12(21)15-6-9-2-1-5-22-9/h1-2,5H,3-4,6-8H2,(H,19,20)(H2,15,16,21). The van der Waals surface area contributed by atoms with Gasteiger partial charge in [-0.2, -0.15) is 0 Å². The van der Waals surface area contributed by atoms with E-state index in [4.69, 9.17) is 9.52 Å². The van der Waals surface area contributed by atoms with E-state index in [1.54, 1.807) is 12.1 Å². The zero-order chi connectivity index (χ0) is 16.2. The number of aliphatic carboxylic acids is 1. The van der Waals surface area contributed by atoms with Crippen LogP contribution in [0.2, 0.25) is 0 Å². The predicted molar refractivity (Wildman–Crippen MR) is 71.6 cm³/mol. The second kappa shape index (κ2) is 6.46. The van der Waals surface area contributed by atoms with E-state index in [9.17, 15) is 18.8 Å². The van der Waals surface area contributed by atoms with Crippen LogP contribution in [-0.2, 0) is 16.1 Å². The normalized spacial score (nSPS) is 20.7. The minimum absolute atomic E-state index is 0.0112. The summed E-state index contributed by atoms with van der Waals surface area (Å²) in [5.41, 5.74) is -2.41. The van der Waals surface area contributed by atoms with Crippen LogP contribution < -0.4 is 10.6 Å². The monoisotopic (exact) mass is 313 g/mol. The zero-order valence-corrected chi connectivity index (χ0v) is 11.7. The molecule has 0 radical (unpaired) electrons. The highest BCUT2D eigenvalue weighted by Crippen LogP contribution is 2.25. The van der Waals surface area contributed by atoms with E-state index in [-0.39, 0.29) is 26.1 Å². The molecule has 3 N–H and O–H groups in total. The predicted octanol–water partition coefficient (Wildman–Crippen LogP) is 0.104. The van der Waals surface area contributed by atoms with Gasteiger partial charge in [-0.05, 0) is 12.1 Å². The summed E-state index contributed by atoms with van der Waals surface area (Å²) < 4.78 is 18.8. The lowest BCUT2D eigenvalue weighted by Gasteiger charge is -2.18. The Bertz CT molecular complexity index is 562. The SMILES string of the molecule is O=C(NCC(=O)N1CCC(F)(C(=O)O)C1)NCc1ccco1. The van der Waals surface area contributed by atoms with Gasteiger partial charge in [0.1, 0.15) is 5.76 Å². The maximum absolute atomic E-state index is 13.8. The Kier molecular flexibility index (Phi) is 4.64. The minimum Gasteiger partial charge on any atom is -0.479 e. The molecule has 1 aromatic heterocycles. The quantitative estimate of drug-likeness (QED) is 0.714. The highest BCUT2D eigenvalue weighted by Gasteiger charge is 2.46. The van der Waals surface area contributed by atoms with Crippen LogP contribution in [0, 0.1) is 0 Å². The Labute approximate surface area is 125 Å².